The van der Waals surface area contributed by atoms with Crippen LogP contribution in [0.15, 0.2) is 24.3 Å². The summed E-state index contributed by atoms with van der Waals surface area (Å²) < 4.78 is 25.1. The van der Waals surface area contributed by atoms with Crippen LogP contribution in [-0.4, -0.2) is 49.6 Å². The number of halogens is 1. The van der Waals surface area contributed by atoms with E-state index in [0.717, 1.165) is 0 Å². The van der Waals surface area contributed by atoms with Crippen molar-refractivity contribution in [2.45, 2.75) is 36.8 Å². The molecule has 2 aliphatic rings. The Morgan fingerprint density at radius 3 is 2.91 bits per heavy atom. The molecular formula is C17H22FNO4. The van der Waals surface area contributed by atoms with Crippen LogP contribution in [0.2, 0.25) is 0 Å². The van der Waals surface area contributed by atoms with Gasteiger partial charge in [-0.2, -0.15) is 0 Å². The summed E-state index contributed by atoms with van der Waals surface area (Å²) in [6.45, 7) is 1.11. The minimum absolute atomic E-state index is 0.0583. The van der Waals surface area contributed by atoms with Crippen molar-refractivity contribution in [2.24, 2.45) is 0 Å². The molecule has 3 rings (SSSR count). The molecule has 1 aliphatic carbocycles. The molecule has 1 amide bonds. The average molecular weight is 323 g/mol. The molecule has 0 bridgehead atoms. The van der Waals surface area contributed by atoms with Crippen LogP contribution in [0.5, 0.6) is 0 Å². The minimum atomic E-state index is -0.760. The van der Waals surface area contributed by atoms with E-state index in [4.69, 9.17) is 14.6 Å². The van der Waals surface area contributed by atoms with Gasteiger partial charge in [-0.25, -0.2) is 4.39 Å². The SMILES string of the molecule is O=C(N[C@H]1COCC[C@H]1OCCO)C1(c2ccccc2F)CC1. The summed E-state index contributed by atoms with van der Waals surface area (Å²) >= 11 is 0. The van der Waals surface area contributed by atoms with Crippen LogP contribution in [0.25, 0.3) is 0 Å². The molecular weight excluding hydrogens is 301 g/mol. The highest BCUT2D eigenvalue weighted by Crippen LogP contribution is 2.49. The van der Waals surface area contributed by atoms with Crippen LogP contribution >= 0.6 is 0 Å². The van der Waals surface area contributed by atoms with Gasteiger partial charge < -0.3 is 19.9 Å². The number of rotatable bonds is 6. The lowest BCUT2D eigenvalue weighted by atomic mass is 9.93. The van der Waals surface area contributed by atoms with E-state index in [1.54, 1.807) is 18.2 Å². The highest BCUT2D eigenvalue weighted by molar-refractivity contribution is 5.91. The molecule has 126 valence electrons. The van der Waals surface area contributed by atoms with Crippen molar-refractivity contribution >= 4 is 5.91 Å². The van der Waals surface area contributed by atoms with Gasteiger partial charge in [0.25, 0.3) is 0 Å². The van der Waals surface area contributed by atoms with E-state index in [9.17, 15) is 9.18 Å². The molecule has 2 fully saturated rings. The predicted octanol–water partition coefficient (Wildman–Crippen LogP) is 1.14. The van der Waals surface area contributed by atoms with Crippen molar-refractivity contribution in [3.8, 4) is 0 Å². The summed E-state index contributed by atoms with van der Waals surface area (Å²) in [5, 5.41) is 11.9. The topological polar surface area (TPSA) is 67.8 Å². The summed E-state index contributed by atoms with van der Waals surface area (Å²) in [4.78, 5) is 12.7. The molecule has 1 saturated carbocycles. The Hall–Kier alpha value is -1.50. The zero-order valence-corrected chi connectivity index (χ0v) is 13.0. The molecule has 0 radical (unpaired) electrons. The fraction of sp³-hybridized carbons (Fsp3) is 0.588. The van der Waals surface area contributed by atoms with Crippen LogP contribution < -0.4 is 5.32 Å². The van der Waals surface area contributed by atoms with Crippen molar-refractivity contribution in [3.63, 3.8) is 0 Å². The largest absolute Gasteiger partial charge is 0.394 e. The van der Waals surface area contributed by atoms with Crippen LogP contribution in [0.4, 0.5) is 4.39 Å². The molecule has 5 nitrogen and oxygen atoms in total. The number of amides is 1. The fourth-order valence-corrected chi connectivity index (χ4v) is 3.16. The summed E-state index contributed by atoms with van der Waals surface area (Å²) in [6.07, 6.45) is 1.78. The standard InChI is InChI=1S/C17H22FNO4/c18-13-4-2-1-3-12(13)17(6-7-17)16(21)19-14-11-22-9-5-15(14)23-10-8-20/h1-4,14-15,20H,5-11H2,(H,19,21)/t14-,15+/m0/s1. The molecule has 1 aliphatic heterocycles. The molecule has 6 heteroatoms. The second kappa shape index (κ2) is 6.95. The van der Waals surface area contributed by atoms with E-state index in [2.05, 4.69) is 5.32 Å². The first kappa shape index (κ1) is 16.4. The molecule has 0 aromatic heterocycles. The van der Waals surface area contributed by atoms with Crippen molar-refractivity contribution < 1.29 is 23.8 Å². The Balaban J connectivity index is 1.69. The molecule has 2 atom stereocenters. The molecule has 1 aromatic rings. The maximum absolute atomic E-state index is 14.1. The molecule has 0 unspecified atom stereocenters. The Kier molecular flexibility index (Phi) is 4.94. The third-order valence-corrected chi connectivity index (χ3v) is 4.61. The van der Waals surface area contributed by atoms with Gasteiger partial charge in [0, 0.05) is 12.2 Å². The first-order valence-corrected chi connectivity index (χ1v) is 8.03. The van der Waals surface area contributed by atoms with E-state index in [1.807, 2.05) is 0 Å². The Morgan fingerprint density at radius 1 is 1.43 bits per heavy atom. The number of hydrogen-bond donors (Lipinski definition) is 2. The monoisotopic (exact) mass is 323 g/mol. The summed E-state index contributed by atoms with van der Waals surface area (Å²) in [7, 11) is 0. The van der Waals surface area contributed by atoms with Crippen molar-refractivity contribution in [1.29, 1.82) is 0 Å². The molecule has 2 N–H and O–H groups in total. The molecule has 1 aromatic carbocycles. The normalized spacial score (nSPS) is 25.8. The quantitative estimate of drug-likeness (QED) is 0.824. The lowest BCUT2D eigenvalue weighted by molar-refractivity contribution is -0.129. The van der Waals surface area contributed by atoms with Crippen molar-refractivity contribution in [2.75, 3.05) is 26.4 Å². The summed E-state index contributed by atoms with van der Waals surface area (Å²) in [5.41, 5.74) is -0.299. The predicted molar refractivity (Wildman–Crippen MR) is 81.5 cm³/mol. The lowest BCUT2D eigenvalue weighted by Gasteiger charge is -2.33. The Bertz CT molecular complexity index is 561. The van der Waals surface area contributed by atoms with Gasteiger partial charge in [-0.3, -0.25) is 4.79 Å². The number of aliphatic hydroxyl groups is 1. The van der Waals surface area contributed by atoms with Gasteiger partial charge in [-0.1, -0.05) is 18.2 Å². The zero-order chi connectivity index (χ0) is 16.3. The minimum Gasteiger partial charge on any atom is -0.394 e. The summed E-state index contributed by atoms with van der Waals surface area (Å²) in [6, 6.07) is 6.17. The number of carbonyl (C=O) groups excluding carboxylic acids is 1. The lowest BCUT2D eigenvalue weighted by Crippen LogP contribution is -2.53. The second-order valence-electron chi connectivity index (χ2n) is 6.14. The van der Waals surface area contributed by atoms with Gasteiger partial charge in [0.05, 0.1) is 37.4 Å². The van der Waals surface area contributed by atoms with E-state index in [0.29, 0.717) is 38.0 Å². The van der Waals surface area contributed by atoms with Crippen LogP contribution in [0.1, 0.15) is 24.8 Å². The van der Waals surface area contributed by atoms with Crippen molar-refractivity contribution in [3.05, 3.63) is 35.6 Å². The van der Waals surface area contributed by atoms with Gasteiger partial charge >= 0.3 is 0 Å². The Morgan fingerprint density at radius 2 is 2.22 bits per heavy atom. The van der Waals surface area contributed by atoms with Crippen LogP contribution in [0.3, 0.4) is 0 Å². The summed E-state index contributed by atoms with van der Waals surface area (Å²) in [5.74, 6) is -0.510. The van der Waals surface area contributed by atoms with Gasteiger partial charge in [0.1, 0.15) is 5.82 Å². The number of hydrogen-bond acceptors (Lipinski definition) is 4. The smallest absolute Gasteiger partial charge is 0.231 e. The van der Waals surface area contributed by atoms with Crippen molar-refractivity contribution in [1.82, 2.24) is 5.32 Å². The fourth-order valence-electron chi connectivity index (χ4n) is 3.16. The second-order valence-corrected chi connectivity index (χ2v) is 6.14. The first-order valence-electron chi connectivity index (χ1n) is 8.03. The number of benzene rings is 1. The van der Waals surface area contributed by atoms with Gasteiger partial charge in [-0.05, 0) is 25.3 Å². The number of aliphatic hydroxyl groups excluding tert-OH is 1. The van der Waals surface area contributed by atoms with Crippen LogP contribution in [-0.2, 0) is 19.7 Å². The maximum Gasteiger partial charge on any atom is 0.231 e. The Labute approximate surface area is 134 Å². The maximum atomic E-state index is 14.1. The molecule has 23 heavy (non-hydrogen) atoms. The molecule has 1 saturated heterocycles. The average Bonchev–Trinajstić information content (AvgIpc) is 3.36. The van der Waals surface area contributed by atoms with E-state index < -0.39 is 5.41 Å². The molecule has 1 heterocycles. The van der Waals surface area contributed by atoms with E-state index in [-0.39, 0.29) is 37.1 Å². The van der Waals surface area contributed by atoms with Gasteiger partial charge in [0.15, 0.2) is 0 Å². The van der Waals surface area contributed by atoms with E-state index >= 15 is 0 Å². The third-order valence-electron chi connectivity index (χ3n) is 4.61. The highest BCUT2D eigenvalue weighted by atomic mass is 19.1. The number of ether oxygens (including phenoxy) is 2. The third kappa shape index (κ3) is 3.39. The molecule has 0 spiro atoms. The number of carbonyl (C=O) groups is 1. The van der Waals surface area contributed by atoms with Crippen LogP contribution in [0, 0.1) is 5.82 Å². The zero-order valence-electron chi connectivity index (χ0n) is 13.0. The van der Waals surface area contributed by atoms with E-state index in [1.165, 1.54) is 6.07 Å². The highest BCUT2D eigenvalue weighted by Gasteiger charge is 2.53. The van der Waals surface area contributed by atoms with Gasteiger partial charge in [0.2, 0.25) is 5.91 Å². The van der Waals surface area contributed by atoms with Gasteiger partial charge in [-0.15, -0.1) is 0 Å². The first-order chi connectivity index (χ1) is 11.2. The number of nitrogens with one attached hydrogen (secondary N) is 1.